The van der Waals surface area contributed by atoms with Crippen LogP contribution in [0.3, 0.4) is 0 Å². The minimum Gasteiger partial charge on any atom is -0.328 e. The molecule has 2 heteroatoms. The van der Waals surface area contributed by atoms with Crippen molar-refractivity contribution >= 4 is 11.0 Å². The monoisotopic (exact) mass is 474 g/mol. The Balaban J connectivity index is 1.25. The van der Waals surface area contributed by atoms with E-state index in [1.165, 1.54) is 120 Å². The summed E-state index contributed by atoms with van der Waals surface area (Å²) in [6, 6.07) is 19.5. The maximum absolute atomic E-state index is 4.98. The van der Waals surface area contributed by atoms with Gasteiger partial charge in [0.25, 0.3) is 0 Å². The first-order chi connectivity index (χ1) is 17.4. The molecule has 0 aliphatic heterocycles. The first-order valence-electron chi connectivity index (χ1n) is 14.9. The average molecular weight is 475 g/mol. The molecule has 0 unspecified atom stereocenters. The highest BCUT2D eigenvalue weighted by atomic mass is 15.1. The van der Waals surface area contributed by atoms with Crippen molar-refractivity contribution in [1.82, 2.24) is 9.55 Å². The van der Waals surface area contributed by atoms with Crippen molar-refractivity contribution in [3.05, 3.63) is 66.0 Å². The molecular weight excluding hydrogens is 424 g/mol. The average Bonchev–Trinajstić information content (AvgIpc) is 3.25. The summed E-state index contributed by atoms with van der Waals surface area (Å²) >= 11 is 0. The Bertz CT molecular complexity index is 911. The highest BCUT2D eigenvalue weighted by molar-refractivity contribution is 5.75. The molecular formula is C33H50N2. The largest absolute Gasteiger partial charge is 0.328 e. The predicted molar refractivity (Wildman–Crippen MR) is 153 cm³/mol. The molecule has 2 nitrogen and oxygen atoms in total. The van der Waals surface area contributed by atoms with Gasteiger partial charge in [0.1, 0.15) is 5.82 Å². The third-order valence-electron chi connectivity index (χ3n) is 7.45. The van der Waals surface area contributed by atoms with Crippen LogP contribution < -0.4 is 0 Å². The number of benzene rings is 2. The lowest BCUT2D eigenvalue weighted by Gasteiger charge is -2.10. The molecule has 0 N–H and O–H groups in total. The lowest BCUT2D eigenvalue weighted by atomic mass is 10.0. The molecule has 0 atom stereocenters. The number of unbranched alkanes of at least 4 members (excludes halogenated alkanes) is 15. The maximum Gasteiger partial charge on any atom is 0.110 e. The van der Waals surface area contributed by atoms with E-state index in [4.69, 9.17) is 4.98 Å². The predicted octanol–water partition coefficient (Wildman–Crippen LogP) is 10.1. The van der Waals surface area contributed by atoms with Crippen molar-refractivity contribution in [2.24, 2.45) is 0 Å². The first kappa shape index (κ1) is 27.5. The fourth-order valence-electron chi connectivity index (χ4n) is 5.28. The normalized spacial score (nSPS) is 11.5. The number of aromatic nitrogens is 2. The number of fused-ring (bicyclic) bond motifs is 1. The van der Waals surface area contributed by atoms with E-state index in [1.54, 1.807) is 0 Å². The number of nitrogens with zero attached hydrogens (tertiary/aromatic N) is 2. The van der Waals surface area contributed by atoms with E-state index in [-0.39, 0.29) is 0 Å². The molecule has 192 valence electrons. The van der Waals surface area contributed by atoms with Crippen LogP contribution >= 0.6 is 0 Å². The zero-order valence-electron chi connectivity index (χ0n) is 22.5. The molecule has 0 amide bonds. The van der Waals surface area contributed by atoms with Crippen LogP contribution in [0.4, 0.5) is 0 Å². The van der Waals surface area contributed by atoms with Gasteiger partial charge in [0, 0.05) is 13.0 Å². The summed E-state index contributed by atoms with van der Waals surface area (Å²) in [5.41, 5.74) is 3.84. The summed E-state index contributed by atoms with van der Waals surface area (Å²) in [7, 11) is 0. The smallest absolute Gasteiger partial charge is 0.110 e. The van der Waals surface area contributed by atoms with Gasteiger partial charge in [-0.3, -0.25) is 0 Å². The number of hydrogen-bond donors (Lipinski definition) is 0. The molecule has 0 aliphatic carbocycles. The second-order valence-corrected chi connectivity index (χ2v) is 10.5. The number of imidazole rings is 1. The van der Waals surface area contributed by atoms with Gasteiger partial charge < -0.3 is 4.57 Å². The van der Waals surface area contributed by atoms with Gasteiger partial charge in [0.15, 0.2) is 0 Å². The summed E-state index contributed by atoms with van der Waals surface area (Å²) in [6.07, 6.45) is 24.7. The lowest BCUT2D eigenvalue weighted by molar-refractivity contribution is 0.519. The molecule has 35 heavy (non-hydrogen) atoms. The highest BCUT2D eigenvalue weighted by Crippen LogP contribution is 2.20. The highest BCUT2D eigenvalue weighted by Gasteiger charge is 2.10. The number of rotatable bonds is 20. The number of para-hydroxylation sites is 2. The third-order valence-corrected chi connectivity index (χ3v) is 7.45. The van der Waals surface area contributed by atoms with Crippen molar-refractivity contribution in [2.75, 3.05) is 0 Å². The Labute approximate surface area is 215 Å². The van der Waals surface area contributed by atoms with Crippen molar-refractivity contribution < 1.29 is 0 Å². The Morgan fingerprint density at radius 2 is 1.06 bits per heavy atom. The molecule has 0 fully saturated rings. The molecule has 0 bridgehead atoms. The standard InChI is InChI=1S/C33H50N2/c1-2-3-4-5-6-7-8-9-10-11-12-13-14-15-16-22-29-35-32-26-21-20-25-31(32)34-33(35)28-27-30-23-18-17-19-24-30/h17-21,23-26H,2-16,22,27-29H2,1H3. The minimum absolute atomic E-state index is 1.01. The van der Waals surface area contributed by atoms with E-state index in [1.807, 2.05) is 0 Å². The van der Waals surface area contributed by atoms with Gasteiger partial charge in [-0.25, -0.2) is 4.98 Å². The molecule has 1 heterocycles. The molecule has 2 aromatic carbocycles. The fourth-order valence-corrected chi connectivity index (χ4v) is 5.28. The second kappa shape index (κ2) is 17.4. The molecule has 3 aromatic rings. The number of hydrogen-bond acceptors (Lipinski definition) is 1. The SMILES string of the molecule is CCCCCCCCCCCCCCCCCCn1c(CCc2ccccc2)nc2ccccc21. The molecule has 3 rings (SSSR count). The van der Waals surface area contributed by atoms with E-state index < -0.39 is 0 Å². The quantitative estimate of drug-likeness (QED) is 0.149. The van der Waals surface area contributed by atoms with Gasteiger partial charge in [0.2, 0.25) is 0 Å². The summed E-state index contributed by atoms with van der Waals surface area (Å²) in [5, 5.41) is 0. The zero-order valence-corrected chi connectivity index (χ0v) is 22.5. The molecule has 0 spiro atoms. The summed E-state index contributed by atoms with van der Waals surface area (Å²) in [6.45, 7) is 3.40. The van der Waals surface area contributed by atoms with Crippen LogP contribution in [0.15, 0.2) is 54.6 Å². The Hall–Kier alpha value is -2.09. The van der Waals surface area contributed by atoms with Gasteiger partial charge >= 0.3 is 0 Å². The van der Waals surface area contributed by atoms with Crippen LogP contribution in [-0.2, 0) is 19.4 Å². The van der Waals surface area contributed by atoms with Gasteiger partial charge in [0.05, 0.1) is 11.0 Å². The van der Waals surface area contributed by atoms with Crippen molar-refractivity contribution in [1.29, 1.82) is 0 Å². The summed E-state index contributed by atoms with van der Waals surface area (Å²) in [5.74, 6) is 1.25. The zero-order chi connectivity index (χ0) is 24.4. The van der Waals surface area contributed by atoms with Gasteiger partial charge in [-0.05, 0) is 30.5 Å². The minimum atomic E-state index is 1.01. The second-order valence-electron chi connectivity index (χ2n) is 10.5. The van der Waals surface area contributed by atoms with Gasteiger partial charge in [-0.2, -0.15) is 0 Å². The molecule has 0 aliphatic rings. The Morgan fingerprint density at radius 3 is 1.66 bits per heavy atom. The fraction of sp³-hybridized carbons (Fsp3) is 0.606. The van der Waals surface area contributed by atoms with Crippen molar-refractivity contribution in [3.8, 4) is 0 Å². The van der Waals surface area contributed by atoms with E-state index in [2.05, 4.69) is 66.1 Å². The molecule has 0 saturated heterocycles. The third kappa shape index (κ3) is 10.6. The number of aryl methyl sites for hydroxylation is 3. The molecule has 0 radical (unpaired) electrons. The first-order valence-corrected chi connectivity index (χ1v) is 14.9. The van der Waals surface area contributed by atoms with Crippen LogP contribution in [0.25, 0.3) is 11.0 Å². The van der Waals surface area contributed by atoms with Gasteiger partial charge in [-0.15, -0.1) is 0 Å². The summed E-state index contributed by atoms with van der Waals surface area (Å²) in [4.78, 5) is 4.98. The van der Waals surface area contributed by atoms with Crippen molar-refractivity contribution in [2.45, 2.75) is 129 Å². The van der Waals surface area contributed by atoms with Crippen LogP contribution in [0.5, 0.6) is 0 Å². The lowest BCUT2D eigenvalue weighted by Crippen LogP contribution is -2.06. The maximum atomic E-state index is 4.98. The Morgan fingerprint density at radius 1 is 0.543 bits per heavy atom. The van der Waals surface area contributed by atoms with Crippen LogP contribution in [0.2, 0.25) is 0 Å². The van der Waals surface area contributed by atoms with E-state index in [9.17, 15) is 0 Å². The van der Waals surface area contributed by atoms with Crippen LogP contribution in [0, 0.1) is 0 Å². The van der Waals surface area contributed by atoms with E-state index >= 15 is 0 Å². The van der Waals surface area contributed by atoms with Crippen LogP contribution in [0.1, 0.15) is 121 Å². The molecule has 1 aromatic heterocycles. The summed E-state index contributed by atoms with van der Waals surface area (Å²) < 4.78 is 2.49. The molecule has 0 saturated carbocycles. The Kier molecular flexibility index (Phi) is 13.6. The van der Waals surface area contributed by atoms with Crippen molar-refractivity contribution in [3.63, 3.8) is 0 Å². The van der Waals surface area contributed by atoms with E-state index in [0.29, 0.717) is 0 Å². The topological polar surface area (TPSA) is 17.8 Å². The van der Waals surface area contributed by atoms with E-state index in [0.717, 1.165) is 24.9 Å². The van der Waals surface area contributed by atoms with Gasteiger partial charge in [-0.1, -0.05) is 146 Å². The van der Waals surface area contributed by atoms with Crippen LogP contribution in [-0.4, -0.2) is 9.55 Å².